The monoisotopic (exact) mass is 350 g/mol. The zero-order valence-corrected chi connectivity index (χ0v) is 15.1. The van der Waals surface area contributed by atoms with Gasteiger partial charge in [0, 0.05) is 0 Å². The average Bonchev–Trinajstić information content (AvgIpc) is 3.18. The summed E-state index contributed by atoms with van der Waals surface area (Å²) < 4.78 is 7.34. The second-order valence-corrected chi connectivity index (χ2v) is 6.21. The van der Waals surface area contributed by atoms with E-state index < -0.39 is 0 Å². The summed E-state index contributed by atoms with van der Waals surface area (Å²) in [5.74, 6) is 0.587. The molecule has 1 N–H and O–H groups in total. The molecular formula is C20H22N4O2. The van der Waals surface area contributed by atoms with E-state index in [0.29, 0.717) is 0 Å². The van der Waals surface area contributed by atoms with E-state index in [1.807, 2.05) is 63.2 Å². The summed E-state index contributed by atoms with van der Waals surface area (Å²) in [5, 5.41) is 7.05. The Labute approximate surface area is 152 Å². The van der Waals surface area contributed by atoms with E-state index >= 15 is 0 Å². The SMILES string of the molecule is Cc1cccc(OCC(=O)N[C@@H](C)c2ccc(-n3cncn3)cc2)c1C. The van der Waals surface area contributed by atoms with Crippen LogP contribution in [0, 0.1) is 13.8 Å². The average molecular weight is 350 g/mol. The summed E-state index contributed by atoms with van der Waals surface area (Å²) in [4.78, 5) is 16.1. The van der Waals surface area contributed by atoms with E-state index in [4.69, 9.17) is 4.74 Å². The third-order valence-electron chi connectivity index (χ3n) is 4.37. The maximum absolute atomic E-state index is 12.2. The molecule has 0 fully saturated rings. The molecule has 26 heavy (non-hydrogen) atoms. The normalized spacial score (nSPS) is 11.8. The molecule has 6 heteroatoms. The molecule has 3 rings (SSSR count). The smallest absolute Gasteiger partial charge is 0.258 e. The van der Waals surface area contributed by atoms with Crippen molar-refractivity contribution >= 4 is 5.91 Å². The molecule has 0 saturated heterocycles. The maximum atomic E-state index is 12.2. The van der Waals surface area contributed by atoms with E-state index in [1.54, 1.807) is 11.0 Å². The number of amides is 1. The Hall–Kier alpha value is -3.15. The van der Waals surface area contributed by atoms with E-state index in [2.05, 4.69) is 15.4 Å². The minimum Gasteiger partial charge on any atom is -0.483 e. The fourth-order valence-corrected chi connectivity index (χ4v) is 2.65. The Morgan fingerprint density at radius 3 is 2.65 bits per heavy atom. The highest BCUT2D eigenvalue weighted by Gasteiger charge is 2.11. The molecule has 0 saturated carbocycles. The van der Waals surface area contributed by atoms with Gasteiger partial charge < -0.3 is 10.1 Å². The van der Waals surface area contributed by atoms with E-state index in [-0.39, 0.29) is 18.6 Å². The van der Waals surface area contributed by atoms with Gasteiger partial charge in [0.1, 0.15) is 18.4 Å². The molecule has 0 aliphatic rings. The van der Waals surface area contributed by atoms with Gasteiger partial charge in [-0.2, -0.15) is 5.10 Å². The molecule has 3 aromatic rings. The second-order valence-electron chi connectivity index (χ2n) is 6.21. The molecule has 6 nitrogen and oxygen atoms in total. The van der Waals surface area contributed by atoms with Gasteiger partial charge in [-0.05, 0) is 55.7 Å². The number of nitrogens with zero attached hydrogens (tertiary/aromatic N) is 3. The first-order valence-electron chi connectivity index (χ1n) is 8.48. The van der Waals surface area contributed by atoms with Crippen molar-refractivity contribution in [3.05, 3.63) is 71.8 Å². The van der Waals surface area contributed by atoms with Gasteiger partial charge in [-0.1, -0.05) is 24.3 Å². The van der Waals surface area contributed by atoms with Crippen LogP contribution in [0.4, 0.5) is 0 Å². The van der Waals surface area contributed by atoms with Crippen LogP contribution in [0.5, 0.6) is 5.75 Å². The van der Waals surface area contributed by atoms with Crippen LogP contribution in [0.15, 0.2) is 55.1 Å². The topological polar surface area (TPSA) is 69.0 Å². The van der Waals surface area contributed by atoms with Crippen molar-refractivity contribution in [2.45, 2.75) is 26.8 Å². The van der Waals surface area contributed by atoms with Crippen LogP contribution < -0.4 is 10.1 Å². The third-order valence-corrected chi connectivity index (χ3v) is 4.37. The molecule has 0 aliphatic carbocycles. The molecular weight excluding hydrogens is 328 g/mol. The van der Waals surface area contributed by atoms with Crippen molar-refractivity contribution in [1.29, 1.82) is 0 Å². The molecule has 1 amide bonds. The van der Waals surface area contributed by atoms with Crippen LogP contribution in [-0.2, 0) is 4.79 Å². The lowest BCUT2D eigenvalue weighted by Gasteiger charge is -2.16. The number of benzene rings is 2. The van der Waals surface area contributed by atoms with Crippen LogP contribution in [0.1, 0.15) is 29.7 Å². The zero-order chi connectivity index (χ0) is 18.5. The second kappa shape index (κ2) is 7.82. The predicted octanol–water partition coefficient (Wildman–Crippen LogP) is 3.14. The minimum absolute atomic E-state index is 0.00826. The lowest BCUT2D eigenvalue weighted by atomic mass is 10.1. The Morgan fingerprint density at radius 2 is 1.96 bits per heavy atom. The Bertz CT molecular complexity index is 873. The van der Waals surface area contributed by atoms with Crippen molar-refractivity contribution in [2.24, 2.45) is 0 Å². The third kappa shape index (κ3) is 4.08. The number of nitrogens with one attached hydrogen (secondary N) is 1. The van der Waals surface area contributed by atoms with Crippen molar-refractivity contribution in [3.8, 4) is 11.4 Å². The summed E-state index contributed by atoms with van der Waals surface area (Å²) in [7, 11) is 0. The first kappa shape index (κ1) is 17.7. The molecule has 1 aromatic heterocycles. The summed E-state index contributed by atoms with van der Waals surface area (Å²) in [5.41, 5.74) is 4.12. The van der Waals surface area contributed by atoms with Gasteiger partial charge in [0.2, 0.25) is 0 Å². The standard InChI is InChI=1S/C20H22N4O2/c1-14-5-4-6-19(15(14)2)26-11-20(25)23-16(3)17-7-9-18(10-8-17)24-13-21-12-22-24/h4-10,12-13,16H,11H2,1-3H3,(H,23,25)/t16-/m0/s1. The van der Waals surface area contributed by atoms with Crippen LogP contribution >= 0.6 is 0 Å². The molecule has 0 bridgehead atoms. The van der Waals surface area contributed by atoms with Crippen molar-refractivity contribution in [3.63, 3.8) is 0 Å². The Morgan fingerprint density at radius 1 is 1.19 bits per heavy atom. The van der Waals surface area contributed by atoms with E-state index in [1.165, 1.54) is 6.33 Å². The molecule has 1 atom stereocenters. The lowest BCUT2D eigenvalue weighted by Crippen LogP contribution is -2.31. The quantitative estimate of drug-likeness (QED) is 0.741. The molecule has 2 aromatic carbocycles. The highest BCUT2D eigenvalue weighted by Crippen LogP contribution is 2.20. The van der Waals surface area contributed by atoms with E-state index in [0.717, 1.165) is 28.1 Å². The van der Waals surface area contributed by atoms with Crippen LogP contribution in [0.25, 0.3) is 5.69 Å². The first-order valence-corrected chi connectivity index (χ1v) is 8.48. The summed E-state index contributed by atoms with van der Waals surface area (Å²) in [6.45, 7) is 5.95. The van der Waals surface area contributed by atoms with E-state index in [9.17, 15) is 4.79 Å². The van der Waals surface area contributed by atoms with Gasteiger partial charge in [0.25, 0.3) is 5.91 Å². The van der Waals surface area contributed by atoms with Crippen LogP contribution in [0.3, 0.4) is 0 Å². The Kier molecular flexibility index (Phi) is 5.31. The highest BCUT2D eigenvalue weighted by atomic mass is 16.5. The van der Waals surface area contributed by atoms with Crippen LogP contribution in [-0.4, -0.2) is 27.3 Å². The molecule has 0 radical (unpaired) electrons. The number of hydrogen-bond acceptors (Lipinski definition) is 4. The molecule has 0 unspecified atom stereocenters. The number of hydrogen-bond donors (Lipinski definition) is 1. The number of ether oxygens (including phenoxy) is 1. The van der Waals surface area contributed by atoms with Gasteiger partial charge in [-0.25, -0.2) is 9.67 Å². The number of aryl methyl sites for hydroxylation is 1. The molecule has 1 heterocycles. The van der Waals surface area contributed by atoms with Crippen molar-refractivity contribution < 1.29 is 9.53 Å². The van der Waals surface area contributed by atoms with Gasteiger partial charge in [0.05, 0.1) is 11.7 Å². The van der Waals surface area contributed by atoms with Gasteiger partial charge in [-0.3, -0.25) is 4.79 Å². The summed E-state index contributed by atoms with van der Waals surface area (Å²) in [6.07, 6.45) is 3.14. The number of carbonyl (C=O) groups excluding carboxylic acids is 1. The van der Waals surface area contributed by atoms with Crippen LogP contribution in [0.2, 0.25) is 0 Å². The lowest BCUT2D eigenvalue weighted by molar-refractivity contribution is -0.123. The molecule has 0 spiro atoms. The van der Waals surface area contributed by atoms with Gasteiger partial charge in [-0.15, -0.1) is 0 Å². The van der Waals surface area contributed by atoms with Gasteiger partial charge in [0.15, 0.2) is 6.61 Å². The fourth-order valence-electron chi connectivity index (χ4n) is 2.65. The summed E-state index contributed by atoms with van der Waals surface area (Å²) in [6, 6.07) is 13.5. The highest BCUT2D eigenvalue weighted by molar-refractivity contribution is 5.78. The summed E-state index contributed by atoms with van der Waals surface area (Å²) >= 11 is 0. The van der Waals surface area contributed by atoms with Crippen molar-refractivity contribution in [1.82, 2.24) is 20.1 Å². The number of aromatic nitrogens is 3. The first-order chi connectivity index (χ1) is 12.5. The fraction of sp³-hybridized carbons (Fsp3) is 0.250. The number of carbonyl (C=O) groups is 1. The molecule has 0 aliphatic heterocycles. The Balaban J connectivity index is 1.56. The van der Waals surface area contributed by atoms with Gasteiger partial charge >= 0.3 is 0 Å². The van der Waals surface area contributed by atoms with Crippen molar-refractivity contribution in [2.75, 3.05) is 6.61 Å². The predicted molar refractivity (Wildman–Crippen MR) is 99.3 cm³/mol. The number of rotatable bonds is 6. The molecule has 134 valence electrons. The maximum Gasteiger partial charge on any atom is 0.258 e. The largest absolute Gasteiger partial charge is 0.483 e. The zero-order valence-electron chi connectivity index (χ0n) is 15.1. The minimum atomic E-state index is -0.154.